The van der Waals surface area contributed by atoms with Crippen LogP contribution in [0.15, 0.2) is 36.4 Å². The number of aryl methyl sites for hydroxylation is 1. The number of hydrogen-bond donors (Lipinski definition) is 0. The number of rotatable bonds is 4. The Labute approximate surface area is 167 Å². The zero-order valence-corrected chi connectivity index (χ0v) is 16.9. The molecule has 2 aromatic carbocycles. The fourth-order valence-electron chi connectivity index (χ4n) is 5.33. The van der Waals surface area contributed by atoms with E-state index >= 15 is 0 Å². The molecule has 2 aromatic rings. The van der Waals surface area contributed by atoms with Crippen LogP contribution in [0.25, 0.3) is 11.1 Å². The Kier molecular flexibility index (Phi) is 5.82. The Morgan fingerprint density at radius 3 is 2.25 bits per heavy atom. The molecule has 4 rings (SSSR count). The van der Waals surface area contributed by atoms with Gasteiger partial charge in [-0.05, 0) is 105 Å². The monoisotopic (exact) mass is 384 g/mol. The van der Waals surface area contributed by atoms with E-state index in [4.69, 9.17) is 4.74 Å². The third kappa shape index (κ3) is 4.00. The van der Waals surface area contributed by atoms with Gasteiger partial charge < -0.3 is 4.74 Å². The van der Waals surface area contributed by atoms with Crippen LogP contribution in [0.2, 0.25) is 0 Å². The van der Waals surface area contributed by atoms with E-state index in [0.717, 1.165) is 48.5 Å². The molecule has 0 heterocycles. The molecule has 0 saturated heterocycles. The summed E-state index contributed by atoms with van der Waals surface area (Å²) in [6, 6.07) is 10.6. The molecule has 2 aliphatic carbocycles. The van der Waals surface area contributed by atoms with Crippen molar-refractivity contribution in [2.75, 3.05) is 6.61 Å². The van der Waals surface area contributed by atoms with Crippen molar-refractivity contribution in [1.29, 1.82) is 0 Å². The Balaban J connectivity index is 1.47. The van der Waals surface area contributed by atoms with Gasteiger partial charge in [0, 0.05) is 6.61 Å². The summed E-state index contributed by atoms with van der Waals surface area (Å²) in [4.78, 5) is 0. The van der Waals surface area contributed by atoms with E-state index in [0.29, 0.717) is 23.5 Å². The molecule has 0 aliphatic heterocycles. The zero-order chi connectivity index (χ0) is 19.7. The van der Waals surface area contributed by atoms with Crippen LogP contribution in [0.5, 0.6) is 0 Å². The van der Waals surface area contributed by atoms with E-state index in [9.17, 15) is 8.78 Å². The van der Waals surface area contributed by atoms with Crippen LogP contribution >= 0.6 is 0 Å². The lowest BCUT2D eigenvalue weighted by molar-refractivity contribution is -0.00968. The summed E-state index contributed by atoms with van der Waals surface area (Å²) in [6.45, 7) is 4.61. The summed E-state index contributed by atoms with van der Waals surface area (Å²) < 4.78 is 34.7. The summed E-state index contributed by atoms with van der Waals surface area (Å²) in [5.74, 6) is 1.33. The molecule has 150 valence electrons. The van der Waals surface area contributed by atoms with Crippen LogP contribution in [-0.2, 0) is 4.74 Å². The third-order valence-electron chi connectivity index (χ3n) is 6.91. The second kappa shape index (κ2) is 8.32. The van der Waals surface area contributed by atoms with Gasteiger partial charge in [-0.1, -0.05) is 24.3 Å². The fourth-order valence-corrected chi connectivity index (χ4v) is 5.33. The number of ether oxygens (including phenoxy) is 1. The highest BCUT2D eigenvalue weighted by Gasteiger charge is 2.36. The summed E-state index contributed by atoms with van der Waals surface area (Å²) in [5.41, 5.74) is 2.91. The highest BCUT2D eigenvalue weighted by atomic mass is 19.1. The zero-order valence-electron chi connectivity index (χ0n) is 16.9. The molecule has 0 spiro atoms. The van der Waals surface area contributed by atoms with Crippen molar-refractivity contribution >= 4 is 0 Å². The average molecular weight is 385 g/mol. The van der Waals surface area contributed by atoms with E-state index in [2.05, 4.69) is 6.92 Å². The van der Waals surface area contributed by atoms with Crippen molar-refractivity contribution in [2.45, 2.75) is 64.4 Å². The van der Waals surface area contributed by atoms with Crippen molar-refractivity contribution in [3.63, 3.8) is 0 Å². The minimum Gasteiger partial charge on any atom is -0.378 e. The van der Waals surface area contributed by atoms with Crippen molar-refractivity contribution in [1.82, 2.24) is 0 Å². The predicted molar refractivity (Wildman–Crippen MR) is 109 cm³/mol. The van der Waals surface area contributed by atoms with Gasteiger partial charge in [0.15, 0.2) is 0 Å². The molecule has 0 aromatic heterocycles. The van der Waals surface area contributed by atoms with Gasteiger partial charge in [-0.15, -0.1) is 0 Å². The highest BCUT2D eigenvalue weighted by molar-refractivity contribution is 5.64. The van der Waals surface area contributed by atoms with Gasteiger partial charge in [0.05, 0.1) is 6.10 Å². The Bertz CT molecular complexity index is 831. The predicted octanol–water partition coefficient (Wildman–Crippen LogP) is 7.03. The molecular weight excluding hydrogens is 354 g/mol. The molecule has 2 aliphatic rings. The highest BCUT2D eigenvalue weighted by Crippen LogP contribution is 2.47. The van der Waals surface area contributed by atoms with Gasteiger partial charge >= 0.3 is 0 Å². The molecule has 2 fully saturated rings. The van der Waals surface area contributed by atoms with E-state index in [1.807, 2.05) is 18.2 Å². The van der Waals surface area contributed by atoms with Crippen molar-refractivity contribution < 1.29 is 13.5 Å². The van der Waals surface area contributed by atoms with E-state index < -0.39 is 0 Å². The number of hydrogen-bond acceptors (Lipinski definition) is 1. The first kappa shape index (κ1) is 19.6. The SMILES string of the molecule is CCOC1CCC2CC(c3ccc(-c4ccc(C)c(F)c4)cc3F)CCC2C1. The summed E-state index contributed by atoms with van der Waals surface area (Å²) in [6.07, 6.45) is 7.24. The topological polar surface area (TPSA) is 9.23 Å². The molecule has 0 bridgehead atoms. The molecule has 0 amide bonds. The Morgan fingerprint density at radius 1 is 0.857 bits per heavy atom. The quantitative estimate of drug-likeness (QED) is 0.550. The van der Waals surface area contributed by atoms with Gasteiger partial charge in [0.1, 0.15) is 11.6 Å². The molecule has 28 heavy (non-hydrogen) atoms. The number of benzene rings is 2. The minimum atomic E-state index is -0.247. The van der Waals surface area contributed by atoms with Gasteiger partial charge in [0.25, 0.3) is 0 Å². The fraction of sp³-hybridized carbons (Fsp3) is 0.520. The number of fused-ring (bicyclic) bond motifs is 1. The van der Waals surface area contributed by atoms with Crippen LogP contribution in [-0.4, -0.2) is 12.7 Å². The number of halogens is 2. The van der Waals surface area contributed by atoms with E-state index in [1.165, 1.54) is 25.3 Å². The lowest BCUT2D eigenvalue weighted by Gasteiger charge is -2.42. The minimum absolute atomic E-state index is 0.148. The molecular formula is C25H30F2O. The van der Waals surface area contributed by atoms with Crippen molar-refractivity contribution in [3.8, 4) is 11.1 Å². The van der Waals surface area contributed by atoms with Gasteiger partial charge in [0.2, 0.25) is 0 Å². The molecule has 2 saturated carbocycles. The maximum Gasteiger partial charge on any atom is 0.127 e. The second-order valence-electron chi connectivity index (χ2n) is 8.62. The Morgan fingerprint density at radius 2 is 1.54 bits per heavy atom. The van der Waals surface area contributed by atoms with Gasteiger partial charge in [-0.25, -0.2) is 8.78 Å². The molecule has 0 N–H and O–H groups in total. The molecule has 1 nitrogen and oxygen atoms in total. The van der Waals surface area contributed by atoms with E-state index in [-0.39, 0.29) is 11.6 Å². The first-order chi connectivity index (χ1) is 13.5. The smallest absolute Gasteiger partial charge is 0.127 e. The van der Waals surface area contributed by atoms with Gasteiger partial charge in [-0.2, -0.15) is 0 Å². The summed E-state index contributed by atoms with van der Waals surface area (Å²) in [5, 5.41) is 0. The first-order valence-corrected chi connectivity index (χ1v) is 10.7. The van der Waals surface area contributed by atoms with E-state index in [1.54, 1.807) is 19.1 Å². The van der Waals surface area contributed by atoms with Crippen molar-refractivity contribution in [3.05, 3.63) is 59.2 Å². The average Bonchev–Trinajstić information content (AvgIpc) is 2.70. The lowest BCUT2D eigenvalue weighted by Crippen LogP contribution is -2.33. The summed E-state index contributed by atoms with van der Waals surface area (Å²) >= 11 is 0. The normalized spacial score (nSPS) is 27.4. The maximum atomic E-state index is 15.0. The summed E-state index contributed by atoms with van der Waals surface area (Å²) in [7, 11) is 0. The molecule has 4 atom stereocenters. The molecule has 0 radical (unpaired) electrons. The Hall–Kier alpha value is -1.74. The third-order valence-corrected chi connectivity index (χ3v) is 6.91. The maximum absolute atomic E-state index is 15.0. The second-order valence-corrected chi connectivity index (χ2v) is 8.62. The standard InChI is InChI=1S/C25H30F2O/c1-3-28-22-10-8-17-12-21(7-6-18(17)13-22)23-11-9-20(15-25(23)27)19-5-4-16(2)24(26)14-19/h4-5,9,11,14-15,17-18,21-22H,3,6-8,10,12-13H2,1-2H3. The lowest BCUT2D eigenvalue weighted by atomic mass is 9.65. The molecule has 3 heteroatoms. The largest absolute Gasteiger partial charge is 0.378 e. The van der Waals surface area contributed by atoms with Crippen LogP contribution in [0.1, 0.15) is 62.5 Å². The van der Waals surface area contributed by atoms with Crippen molar-refractivity contribution in [2.24, 2.45) is 11.8 Å². The van der Waals surface area contributed by atoms with Crippen LogP contribution in [0.3, 0.4) is 0 Å². The van der Waals surface area contributed by atoms with Crippen LogP contribution < -0.4 is 0 Å². The van der Waals surface area contributed by atoms with Crippen LogP contribution in [0, 0.1) is 30.4 Å². The molecule has 4 unspecified atom stereocenters. The van der Waals surface area contributed by atoms with Gasteiger partial charge in [-0.3, -0.25) is 0 Å². The van der Waals surface area contributed by atoms with Crippen LogP contribution in [0.4, 0.5) is 8.78 Å². The first-order valence-electron chi connectivity index (χ1n) is 10.7.